The quantitative estimate of drug-likeness (QED) is 0.932. The molecule has 0 saturated carbocycles. The molecule has 1 aromatic heterocycles. The second-order valence-corrected chi connectivity index (χ2v) is 7.37. The number of carbonyl (C=O) groups excluding carboxylic acids is 1. The van der Waals surface area contributed by atoms with E-state index in [1.807, 2.05) is 51.5 Å². The lowest BCUT2D eigenvalue weighted by Crippen LogP contribution is -2.54. The number of aromatic nitrogens is 2. The predicted molar refractivity (Wildman–Crippen MR) is 97.3 cm³/mol. The van der Waals surface area contributed by atoms with E-state index in [4.69, 9.17) is 4.74 Å². The van der Waals surface area contributed by atoms with Gasteiger partial charge < -0.3 is 19.5 Å². The van der Waals surface area contributed by atoms with Crippen molar-refractivity contribution in [1.82, 2.24) is 19.8 Å². The molecule has 3 rings (SSSR count). The highest BCUT2D eigenvalue weighted by atomic mass is 16.6. The first-order valence-corrected chi connectivity index (χ1v) is 8.69. The Morgan fingerprint density at radius 2 is 2.08 bits per heavy atom. The summed E-state index contributed by atoms with van der Waals surface area (Å²) in [5.41, 5.74) is 1.75. The number of piperazine rings is 1. The van der Waals surface area contributed by atoms with Gasteiger partial charge in [0, 0.05) is 32.2 Å². The Kier molecular flexibility index (Phi) is 5.08. The van der Waals surface area contributed by atoms with Crippen molar-refractivity contribution in [2.24, 2.45) is 0 Å². The molecule has 2 heterocycles. The van der Waals surface area contributed by atoms with E-state index in [1.54, 1.807) is 4.90 Å². The molecule has 25 heavy (non-hydrogen) atoms. The van der Waals surface area contributed by atoms with Crippen LogP contribution in [-0.2, 0) is 11.3 Å². The largest absolute Gasteiger partial charge is 0.444 e. The number of ether oxygens (including phenoxy) is 1. The number of hydrogen-bond donors (Lipinski definition) is 1. The van der Waals surface area contributed by atoms with Crippen LogP contribution in [0.25, 0.3) is 11.3 Å². The highest BCUT2D eigenvalue weighted by molar-refractivity contribution is 5.68. The molecular weight excluding hydrogens is 316 g/mol. The summed E-state index contributed by atoms with van der Waals surface area (Å²) in [7, 11) is 0. The smallest absolute Gasteiger partial charge is 0.410 e. The summed E-state index contributed by atoms with van der Waals surface area (Å²) in [6, 6.07) is 10.4. The van der Waals surface area contributed by atoms with Gasteiger partial charge in [0.05, 0.1) is 18.2 Å². The lowest BCUT2D eigenvalue weighted by molar-refractivity contribution is 0.0190. The molecule has 134 valence electrons. The summed E-state index contributed by atoms with van der Waals surface area (Å²) in [6.07, 6.45) is 3.48. The summed E-state index contributed by atoms with van der Waals surface area (Å²) < 4.78 is 7.62. The second kappa shape index (κ2) is 7.27. The molecule has 1 aliphatic rings. The molecule has 0 radical (unpaired) electrons. The van der Waals surface area contributed by atoms with Crippen LogP contribution in [0.3, 0.4) is 0 Å². The molecular formula is C19H26N4O2. The molecule has 0 aliphatic carbocycles. The van der Waals surface area contributed by atoms with Crippen molar-refractivity contribution in [3.63, 3.8) is 0 Å². The number of nitrogens with zero attached hydrogens (tertiary/aromatic N) is 3. The van der Waals surface area contributed by atoms with Crippen molar-refractivity contribution in [3.8, 4) is 11.3 Å². The fraction of sp³-hybridized carbons (Fsp3) is 0.474. The number of amides is 1. The van der Waals surface area contributed by atoms with Gasteiger partial charge in [-0.1, -0.05) is 30.3 Å². The Hall–Kier alpha value is -2.34. The van der Waals surface area contributed by atoms with Gasteiger partial charge in [-0.05, 0) is 26.3 Å². The highest BCUT2D eigenvalue weighted by Crippen LogP contribution is 2.19. The Bertz CT molecular complexity index is 706. The van der Waals surface area contributed by atoms with Crippen LogP contribution in [0.2, 0.25) is 0 Å². The number of rotatable bonds is 3. The maximum absolute atomic E-state index is 12.3. The van der Waals surface area contributed by atoms with Crippen LogP contribution in [0.4, 0.5) is 4.79 Å². The zero-order valence-electron chi connectivity index (χ0n) is 15.1. The molecule has 0 spiro atoms. The van der Waals surface area contributed by atoms with Gasteiger partial charge in [0.25, 0.3) is 0 Å². The van der Waals surface area contributed by atoms with Crippen molar-refractivity contribution in [1.29, 1.82) is 0 Å². The van der Waals surface area contributed by atoms with Crippen LogP contribution in [0.1, 0.15) is 20.8 Å². The summed E-state index contributed by atoms with van der Waals surface area (Å²) in [5, 5.41) is 3.49. The molecule has 1 aliphatic heterocycles. The topological polar surface area (TPSA) is 59.4 Å². The third-order valence-corrected chi connectivity index (χ3v) is 4.11. The first-order chi connectivity index (χ1) is 11.9. The minimum Gasteiger partial charge on any atom is -0.444 e. The first-order valence-electron chi connectivity index (χ1n) is 8.69. The van der Waals surface area contributed by atoms with Gasteiger partial charge in [-0.15, -0.1) is 0 Å². The molecule has 1 amide bonds. The van der Waals surface area contributed by atoms with E-state index in [9.17, 15) is 4.79 Å². The molecule has 1 fully saturated rings. The van der Waals surface area contributed by atoms with E-state index >= 15 is 0 Å². The molecule has 2 aromatic rings. The van der Waals surface area contributed by atoms with Crippen LogP contribution in [0.5, 0.6) is 0 Å². The maximum Gasteiger partial charge on any atom is 0.410 e. The summed E-state index contributed by atoms with van der Waals surface area (Å²) in [6.45, 7) is 8.48. The van der Waals surface area contributed by atoms with Crippen LogP contribution >= 0.6 is 0 Å². The predicted octanol–water partition coefficient (Wildman–Crippen LogP) is 2.76. The number of imidazole rings is 1. The van der Waals surface area contributed by atoms with E-state index in [0.29, 0.717) is 13.1 Å². The fourth-order valence-electron chi connectivity index (χ4n) is 2.99. The van der Waals surface area contributed by atoms with Crippen LogP contribution < -0.4 is 5.32 Å². The maximum atomic E-state index is 12.3. The summed E-state index contributed by atoms with van der Waals surface area (Å²) in [4.78, 5) is 18.4. The lowest BCUT2D eigenvalue weighted by atomic mass is 10.1. The Balaban J connectivity index is 1.66. The van der Waals surface area contributed by atoms with Gasteiger partial charge in [-0.3, -0.25) is 0 Å². The molecule has 1 N–H and O–H groups in total. The SMILES string of the molecule is CC(C)(C)OC(=O)N1CCN[C@H](Cn2cncc2-c2ccccc2)C1. The second-order valence-electron chi connectivity index (χ2n) is 7.37. The molecule has 1 atom stereocenters. The first kappa shape index (κ1) is 17.5. The third kappa shape index (κ3) is 4.60. The third-order valence-electron chi connectivity index (χ3n) is 4.11. The zero-order chi connectivity index (χ0) is 17.9. The van der Waals surface area contributed by atoms with Crippen molar-refractivity contribution < 1.29 is 9.53 Å². The van der Waals surface area contributed by atoms with Crippen molar-refractivity contribution in [3.05, 3.63) is 42.9 Å². The van der Waals surface area contributed by atoms with Crippen molar-refractivity contribution in [2.75, 3.05) is 19.6 Å². The van der Waals surface area contributed by atoms with Gasteiger partial charge in [0.15, 0.2) is 0 Å². The van der Waals surface area contributed by atoms with Gasteiger partial charge in [0.1, 0.15) is 5.60 Å². The minimum atomic E-state index is -0.470. The Morgan fingerprint density at radius 3 is 2.80 bits per heavy atom. The van der Waals surface area contributed by atoms with Crippen LogP contribution in [0.15, 0.2) is 42.9 Å². The molecule has 6 heteroatoms. The monoisotopic (exact) mass is 342 g/mol. The molecule has 0 unspecified atom stereocenters. The minimum absolute atomic E-state index is 0.165. The highest BCUT2D eigenvalue weighted by Gasteiger charge is 2.27. The number of benzene rings is 1. The molecule has 6 nitrogen and oxygen atoms in total. The normalized spacial score (nSPS) is 18.2. The molecule has 0 bridgehead atoms. The van der Waals surface area contributed by atoms with Crippen molar-refractivity contribution >= 4 is 6.09 Å². The fourth-order valence-corrected chi connectivity index (χ4v) is 2.99. The summed E-state index contributed by atoms with van der Waals surface area (Å²) in [5.74, 6) is 0. The van der Waals surface area contributed by atoms with Gasteiger partial charge in [-0.2, -0.15) is 0 Å². The van der Waals surface area contributed by atoms with E-state index in [1.165, 1.54) is 0 Å². The standard InChI is InChI=1S/C19H26N4O2/c1-19(2,3)25-18(24)22-10-9-21-16(12-22)13-23-14-20-11-17(23)15-7-5-4-6-8-15/h4-8,11,14,16,21H,9-10,12-13H2,1-3H3/t16-/m0/s1. The number of carbonyl (C=O) groups is 1. The lowest BCUT2D eigenvalue weighted by Gasteiger charge is -2.35. The van der Waals surface area contributed by atoms with E-state index in [0.717, 1.165) is 24.3 Å². The van der Waals surface area contributed by atoms with Gasteiger partial charge >= 0.3 is 6.09 Å². The van der Waals surface area contributed by atoms with Crippen LogP contribution in [0, 0.1) is 0 Å². The molecule has 1 aromatic carbocycles. The van der Waals surface area contributed by atoms with Crippen LogP contribution in [-0.4, -0.2) is 51.8 Å². The number of hydrogen-bond acceptors (Lipinski definition) is 4. The van der Waals surface area contributed by atoms with Gasteiger partial charge in [-0.25, -0.2) is 9.78 Å². The average molecular weight is 342 g/mol. The molecule has 1 saturated heterocycles. The van der Waals surface area contributed by atoms with Gasteiger partial charge in [0.2, 0.25) is 0 Å². The Morgan fingerprint density at radius 1 is 1.32 bits per heavy atom. The number of nitrogens with one attached hydrogen (secondary N) is 1. The Labute approximate surface area is 148 Å². The zero-order valence-corrected chi connectivity index (χ0v) is 15.1. The van der Waals surface area contributed by atoms with E-state index in [-0.39, 0.29) is 12.1 Å². The average Bonchev–Trinajstić information content (AvgIpc) is 3.02. The van der Waals surface area contributed by atoms with E-state index < -0.39 is 5.60 Å². The van der Waals surface area contributed by atoms with E-state index in [2.05, 4.69) is 27.0 Å². The van der Waals surface area contributed by atoms with Crippen molar-refractivity contribution in [2.45, 2.75) is 39.0 Å². The summed E-state index contributed by atoms with van der Waals surface area (Å²) >= 11 is 0.